The van der Waals surface area contributed by atoms with Crippen LogP contribution in [0.15, 0.2) is 30.5 Å². The smallest absolute Gasteiger partial charge is 0.213 e. The van der Waals surface area contributed by atoms with E-state index in [0.29, 0.717) is 17.5 Å². The summed E-state index contributed by atoms with van der Waals surface area (Å²) >= 11 is 5.74. The van der Waals surface area contributed by atoms with Gasteiger partial charge in [-0.1, -0.05) is 23.8 Å². The molecule has 0 unspecified atom stereocenters. The molecule has 2 rings (SSSR count). The van der Waals surface area contributed by atoms with Crippen LogP contribution in [0.3, 0.4) is 0 Å². The van der Waals surface area contributed by atoms with Crippen molar-refractivity contribution in [2.24, 2.45) is 0 Å². The van der Waals surface area contributed by atoms with Crippen LogP contribution >= 0.6 is 11.6 Å². The van der Waals surface area contributed by atoms with Gasteiger partial charge in [0.15, 0.2) is 0 Å². The van der Waals surface area contributed by atoms with Crippen molar-refractivity contribution < 1.29 is 4.74 Å². The molecule has 17 heavy (non-hydrogen) atoms. The summed E-state index contributed by atoms with van der Waals surface area (Å²) in [5.41, 5.74) is 0. The number of rotatable bonds is 5. The lowest BCUT2D eigenvalue weighted by Gasteiger charge is -2.22. The van der Waals surface area contributed by atoms with Crippen molar-refractivity contribution in [3.05, 3.63) is 35.5 Å². The molecule has 1 aromatic heterocycles. The largest absolute Gasteiger partial charge is 0.478 e. The first-order chi connectivity index (χ1) is 8.34. The second kappa shape index (κ2) is 6.62. The standard InChI is InChI=1S/C13H17ClN2O/c14-12-5-6-13(15-11-12)17-10-4-9-16-7-2-1-3-8-16/h1-2,5-6,11H,3-4,7-10H2. The van der Waals surface area contributed by atoms with E-state index >= 15 is 0 Å². The van der Waals surface area contributed by atoms with E-state index in [2.05, 4.69) is 22.0 Å². The molecule has 0 aromatic carbocycles. The van der Waals surface area contributed by atoms with Crippen molar-refractivity contribution in [3.8, 4) is 5.88 Å². The van der Waals surface area contributed by atoms with Crippen LogP contribution in [0.5, 0.6) is 5.88 Å². The summed E-state index contributed by atoms with van der Waals surface area (Å²) in [5, 5.41) is 0.637. The third-order valence-corrected chi connectivity index (χ3v) is 2.93. The Bertz CT molecular complexity index is 364. The van der Waals surface area contributed by atoms with Crippen LogP contribution in [0.1, 0.15) is 12.8 Å². The molecule has 4 heteroatoms. The third-order valence-electron chi connectivity index (χ3n) is 2.71. The van der Waals surface area contributed by atoms with Crippen molar-refractivity contribution in [3.63, 3.8) is 0 Å². The highest BCUT2D eigenvalue weighted by Gasteiger charge is 2.05. The molecule has 0 bridgehead atoms. The Hall–Kier alpha value is -1.06. The first kappa shape index (κ1) is 12.4. The Morgan fingerprint density at radius 1 is 1.35 bits per heavy atom. The number of ether oxygens (including phenoxy) is 1. The average Bonchev–Trinajstić information content (AvgIpc) is 2.38. The SMILES string of the molecule is Clc1ccc(OCCCN2CC=CCC2)nc1. The zero-order chi connectivity index (χ0) is 11.9. The maximum atomic E-state index is 5.74. The Balaban J connectivity index is 1.62. The van der Waals surface area contributed by atoms with Crippen molar-refractivity contribution in [2.45, 2.75) is 12.8 Å². The molecule has 1 aliphatic rings. The molecule has 1 aliphatic heterocycles. The number of hydrogen-bond acceptors (Lipinski definition) is 3. The van der Waals surface area contributed by atoms with E-state index in [4.69, 9.17) is 16.3 Å². The third kappa shape index (κ3) is 4.36. The molecule has 0 saturated carbocycles. The zero-order valence-corrected chi connectivity index (χ0v) is 10.6. The summed E-state index contributed by atoms with van der Waals surface area (Å²) in [5.74, 6) is 0.646. The number of nitrogens with zero attached hydrogens (tertiary/aromatic N) is 2. The van der Waals surface area contributed by atoms with E-state index in [1.165, 1.54) is 6.42 Å². The van der Waals surface area contributed by atoms with E-state index in [-0.39, 0.29) is 0 Å². The first-order valence-electron chi connectivity index (χ1n) is 5.96. The lowest BCUT2D eigenvalue weighted by Crippen LogP contribution is -2.29. The quantitative estimate of drug-likeness (QED) is 0.595. The van der Waals surface area contributed by atoms with Gasteiger partial charge in [0.2, 0.25) is 5.88 Å². The maximum absolute atomic E-state index is 5.74. The first-order valence-corrected chi connectivity index (χ1v) is 6.34. The lowest BCUT2D eigenvalue weighted by molar-refractivity contribution is 0.242. The highest BCUT2D eigenvalue weighted by atomic mass is 35.5. The molecule has 3 nitrogen and oxygen atoms in total. The van der Waals surface area contributed by atoms with Crippen molar-refractivity contribution >= 4 is 11.6 Å². The summed E-state index contributed by atoms with van der Waals surface area (Å²) in [4.78, 5) is 6.51. The summed E-state index contributed by atoms with van der Waals surface area (Å²) in [6.45, 7) is 4.02. The maximum Gasteiger partial charge on any atom is 0.213 e. The van der Waals surface area contributed by atoms with Gasteiger partial charge in [-0.15, -0.1) is 0 Å². The van der Waals surface area contributed by atoms with Gasteiger partial charge in [0, 0.05) is 31.9 Å². The molecular formula is C13H17ClN2O. The molecule has 92 valence electrons. The van der Waals surface area contributed by atoms with E-state index in [9.17, 15) is 0 Å². The molecule has 0 N–H and O–H groups in total. The summed E-state index contributed by atoms with van der Waals surface area (Å²) in [6, 6.07) is 3.59. The fourth-order valence-corrected chi connectivity index (χ4v) is 1.92. The zero-order valence-electron chi connectivity index (χ0n) is 9.81. The predicted molar refractivity (Wildman–Crippen MR) is 69.6 cm³/mol. The number of hydrogen-bond donors (Lipinski definition) is 0. The Morgan fingerprint density at radius 2 is 2.29 bits per heavy atom. The fraction of sp³-hybridized carbons (Fsp3) is 0.462. The lowest BCUT2D eigenvalue weighted by atomic mass is 10.2. The second-order valence-electron chi connectivity index (χ2n) is 4.08. The molecule has 0 spiro atoms. The van der Waals surface area contributed by atoms with Crippen LogP contribution in [-0.2, 0) is 0 Å². The summed E-state index contributed by atoms with van der Waals surface area (Å²) in [6.07, 6.45) is 8.26. The highest BCUT2D eigenvalue weighted by Crippen LogP contribution is 2.11. The van der Waals surface area contributed by atoms with Gasteiger partial charge in [-0.05, 0) is 18.9 Å². The van der Waals surface area contributed by atoms with Crippen molar-refractivity contribution in [2.75, 3.05) is 26.2 Å². The van der Waals surface area contributed by atoms with Crippen LogP contribution in [0, 0.1) is 0 Å². The Morgan fingerprint density at radius 3 is 3.00 bits per heavy atom. The van der Waals surface area contributed by atoms with Crippen LogP contribution in [0.25, 0.3) is 0 Å². The number of aromatic nitrogens is 1. The minimum Gasteiger partial charge on any atom is -0.478 e. The number of pyridine rings is 1. The van der Waals surface area contributed by atoms with E-state index in [0.717, 1.165) is 26.1 Å². The summed E-state index contributed by atoms with van der Waals surface area (Å²) < 4.78 is 5.54. The molecule has 2 heterocycles. The molecule has 0 fully saturated rings. The van der Waals surface area contributed by atoms with Crippen molar-refractivity contribution in [1.82, 2.24) is 9.88 Å². The van der Waals surface area contributed by atoms with E-state index in [1.807, 2.05) is 0 Å². The van der Waals surface area contributed by atoms with Gasteiger partial charge >= 0.3 is 0 Å². The predicted octanol–water partition coefficient (Wildman–Crippen LogP) is 2.77. The molecule has 0 amide bonds. The second-order valence-corrected chi connectivity index (χ2v) is 4.51. The Labute approximate surface area is 107 Å². The molecule has 1 aromatic rings. The van der Waals surface area contributed by atoms with Crippen LogP contribution in [-0.4, -0.2) is 36.1 Å². The van der Waals surface area contributed by atoms with Gasteiger partial charge in [0.1, 0.15) is 0 Å². The van der Waals surface area contributed by atoms with Crippen molar-refractivity contribution in [1.29, 1.82) is 0 Å². The number of halogens is 1. The molecule has 0 saturated heterocycles. The van der Waals surface area contributed by atoms with E-state index < -0.39 is 0 Å². The molecule has 0 atom stereocenters. The topological polar surface area (TPSA) is 25.4 Å². The van der Waals surface area contributed by atoms with Gasteiger partial charge < -0.3 is 4.74 Å². The Kier molecular flexibility index (Phi) is 4.83. The van der Waals surface area contributed by atoms with Crippen LogP contribution in [0.2, 0.25) is 5.02 Å². The summed E-state index contributed by atoms with van der Waals surface area (Å²) in [7, 11) is 0. The van der Waals surface area contributed by atoms with Gasteiger partial charge in [-0.25, -0.2) is 4.98 Å². The van der Waals surface area contributed by atoms with Gasteiger partial charge in [-0.2, -0.15) is 0 Å². The van der Waals surface area contributed by atoms with Gasteiger partial charge in [0.25, 0.3) is 0 Å². The monoisotopic (exact) mass is 252 g/mol. The molecule has 0 radical (unpaired) electrons. The average molecular weight is 253 g/mol. The van der Waals surface area contributed by atoms with Gasteiger partial charge in [-0.3, -0.25) is 4.90 Å². The van der Waals surface area contributed by atoms with Crippen LogP contribution in [0.4, 0.5) is 0 Å². The fourth-order valence-electron chi connectivity index (χ4n) is 1.81. The van der Waals surface area contributed by atoms with E-state index in [1.54, 1.807) is 18.3 Å². The van der Waals surface area contributed by atoms with Crippen LogP contribution < -0.4 is 4.74 Å². The molecule has 0 aliphatic carbocycles. The molecular weight excluding hydrogens is 236 g/mol. The minimum absolute atomic E-state index is 0.637. The highest BCUT2D eigenvalue weighted by molar-refractivity contribution is 6.30. The minimum atomic E-state index is 0.637. The normalized spacial score (nSPS) is 16.1. The van der Waals surface area contributed by atoms with Gasteiger partial charge in [0.05, 0.1) is 11.6 Å².